The Morgan fingerprint density at radius 2 is 0.610 bits per heavy atom. The number of nitrogens with zero attached hydrogens (tertiary/aromatic N) is 2. The molecule has 0 saturated heterocycles. The van der Waals surface area contributed by atoms with E-state index in [0.29, 0.717) is 0 Å². The van der Waals surface area contributed by atoms with Crippen LogP contribution in [0.25, 0.3) is 82.4 Å². The van der Waals surface area contributed by atoms with Crippen LogP contribution in [0.3, 0.4) is 0 Å². The van der Waals surface area contributed by atoms with Gasteiger partial charge in [0, 0.05) is 33.5 Å². The number of rotatable bonds is 11. The van der Waals surface area contributed by atoms with Crippen molar-refractivity contribution in [2.75, 3.05) is 4.90 Å². The molecule has 362 valence electrons. The number of para-hydroxylation sites is 2. The molecule has 0 saturated carbocycles. The first-order valence-electron chi connectivity index (χ1n) is 26.6. The van der Waals surface area contributed by atoms with Gasteiger partial charge in [-0.15, -0.1) is 0 Å². The molecule has 0 aliphatic rings. The molecule has 0 spiro atoms. The number of fused-ring (bicyclic) bond motifs is 6. The van der Waals surface area contributed by atoms with E-state index in [4.69, 9.17) is 0 Å². The van der Waals surface area contributed by atoms with Crippen LogP contribution >= 0.6 is 0 Å². The molecule has 13 aromatic carbocycles. The van der Waals surface area contributed by atoms with Crippen LogP contribution in [-0.2, 0) is 0 Å². The van der Waals surface area contributed by atoms with Crippen LogP contribution in [0, 0.1) is 0 Å². The lowest BCUT2D eigenvalue weighted by Crippen LogP contribution is -2.74. The monoisotopic (exact) mass is 996 g/mol. The predicted octanol–water partition coefficient (Wildman–Crippen LogP) is 16.9. The number of anilines is 3. The first-order valence-corrected chi connectivity index (χ1v) is 28.6. The second-order valence-electron chi connectivity index (χ2n) is 19.9. The van der Waals surface area contributed by atoms with E-state index in [-0.39, 0.29) is 0 Å². The van der Waals surface area contributed by atoms with E-state index in [1.807, 2.05) is 0 Å². The fraction of sp³-hybridized carbons (Fsp3) is 0. The average molecular weight is 997 g/mol. The van der Waals surface area contributed by atoms with Crippen molar-refractivity contribution in [3.8, 4) is 39.1 Å². The Morgan fingerprint density at radius 3 is 1.12 bits per heavy atom. The number of benzene rings is 13. The van der Waals surface area contributed by atoms with Gasteiger partial charge >= 0.3 is 0 Å². The second-order valence-corrected chi connectivity index (χ2v) is 23.7. The zero-order valence-electron chi connectivity index (χ0n) is 42.4. The largest absolute Gasteiger partial charge is 0.311 e. The third-order valence-electron chi connectivity index (χ3n) is 15.7. The number of hydrogen-bond donors (Lipinski definition) is 0. The summed E-state index contributed by atoms with van der Waals surface area (Å²) in [4.78, 5) is 2.42. The summed E-state index contributed by atoms with van der Waals surface area (Å²) in [5.74, 6) is 0. The Labute approximate surface area is 450 Å². The van der Waals surface area contributed by atoms with Crippen LogP contribution in [-0.4, -0.2) is 12.6 Å². The summed E-state index contributed by atoms with van der Waals surface area (Å²) in [5.41, 5.74) is 14.0. The van der Waals surface area contributed by atoms with E-state index < -0.39 is 8.07 Å². The average Bonchev–Trinajstić information content (AvgIpc) is 3.89. The summed E-state index contributed by atoms with van der Waals surface area (Å²) in [6.45, 7) is 0. The Balaban J connectivity index is 0.942. The molecule has 0 unspecified atom stereocenters. The molecular weight excluding hydrogens is 945 g/mol. The summed E-state index contributed by atoms with van der Waals surface area (Å²) >= 11 is 0. The molecular formula is C74H52N2Si. The predicted molar refractivity (Wildman–Crippen MR) is 330 cm³/mol. The standard InChI is InChI=1S/C74H52N2Si/c1-6-23-54(24-7-1)72-67-35-18-16-33-65(67)66-34-17-19-36-68(66)73(72)55-43-47-58(48-44-55)75(59-49-51-63(52-50-59)77(60-27-10-3-11-28-60,61-29-12-4-13-30-61)62-31-14-5-15-32-62)57-45-41-53(42-46-57)64-38-22-40-71-74(64)69-37-20-21-39-70(69)76(71)56-25-8-2-9-26-56/h1-52H. The molecule has 0 bridgehead atoms. The first-order chi connectivity index (χ1) is 38.2. The van der Waals surface area contributed by atoms with Gasteiger partial charge in [-0.1, -0.05) is 255 Å². The fourth-order valence-corrected chi connectivity index (χ4v) is 17.1. The van der Waals surface area contributed by atoms with E-state index in [2.05, 4.69) is 325 Å². The lowest BCUT2D eigenvalue weighted by atomic mass is 9.85. The molecule has 14 aromatic rings. The summed E-state index contributed by atoms with van der Waals surface area (Å²) in [6, 6.07) is 116. The van der Waals surface area contributed by atoms with Crippen LogP contribution in [0.2, 0.25) is 0 Å². The maximum absolute atomic E-state index is 2.76. The van der Waals surface area contributed by atoms with Crippen molar-refractivity contribution in [2.45, 2.75) is 0 Å². The molecule has 0 fully saturated rings. The van der Waals surface area contributed by atoms with Crippen LogP contribution in [0.5, 0.6) is 0 Å². The van der Waals surface area contributed by atoms with Crippen molar-refractivity contribution >= 4 is 89.2 Å². The Bertz CT molecular complexity index is 4290. The Hall–Kier alpha value is -9.80. The highest BCUT2D eigenvalue weighted by Gasteiger charge is 2.41. The quantitative estimate of drug-likeness (QED) is 0.0712. The molecule has 0 radical (unpaired) electrons. The third-order valence-corrected chi connectivity index (χ3v) is 20.5. The van der Waals surface area contributed by atoms with Gasteiger partial charge < -0.3 is 9.47 Å². The van der Waals surface area contributed by atoms with E-state index >= 15 is 0 Å². The normalized spacial score (nSPS) is 11.6. The zero-order chi connectivity index (χ0) is 51.1. The van der Waals surface area contributed by atoms with Crippen molar-refractivity contribution in [2.24, 2.45) is 0 Å². The van der Waals surface area contributed by atoms with Gasteiger partial charge in [0.15, 0.2) is 8.07 Å². The molecule has 1 heterocycles. The van der Waals surface area contributed by atoms with Crippen molar-refractivity contribution in [1.82, 2.24) is 4.57 Å². The molecule has 0 aliphatic heterocycles. The number of aromatic nitrogens is 1. The van der Waals surface area contributed by atoms with Crippen LogP contribution in [0.1, 0.15) is 0 Å². The molecule has 0 aliphatic carbocycles. The molecule has 77 heavy (non-hydrogen) atoms. The van der Waals surface area contributed by atoms with Gasteiger partial charge in [0.05, 0.1) is 11.0 Å². The molecule has 0 N–H and O–H groups in total. The van der Waals surface area contributed by atoms with Gasteiger partial charge in [-0.05, 0) is 136 Å². The minimum atomic E-state index is -2.76. The van der Waals surface area contributed by atoms with E-state index in [9.17, 15) is 0 Å². The summed E-state index contributed by atoms with van der Waals surface area (Å²) < 4.78 is 2.39. The van der Waals surface area contributed by atoms with Crippen LogP contribution in [0.4, 0.5) is 17.1 Å². The minimum absolute atomic E-state index is 1.08. The van der Waals surface area contributed by atoms with Crippen molar-refractivity contribution in [3.63, 3.8) is 0 Å². The lowest BCUT2D eigenvalue weighted by Gasteiger charge is -2.35. The molecule has 2 nitrogen and oxygen atoms in total. The maximum Gasteiger partial charge on any atom is 0.179 e. The summed E-state index contributed by atoms with van der Waals surface area (Å²) in [6.07, 6.45) is 0. The summed E-state index contributed by atoms with van der Waals surface area (Å²) in [5, 5.41) is 12.9. The minimum Gasteiger partial charge on any atom is -0.311 e. The second kappa shape index (κ2) is 19.5. The highest BCUT2D eigenvalue weighted by atomic mass is 28.3. The molecule has 0 amide bonds. The SMILES string of the molecule is c1ccc(-c2c(-c3ccc(N(c4ccc(-c5cccc6c5c5ccccc5n6-c5ccccc5)cc4)c4ccc([Si](c5ccccc5)(c5ccccc5)c5ccccc5)cc4)cc3)c3ccccc3c3ccccc23)cc1. The van der Waals surface area contributed by atoms with Gasteiger partial charge in [-0.3, -0.25) is 0 Å². The van der Waals surface area contributed by atoms with Crippen LogP contribution in [0.15, 0.2) is 315 Å². The molecule has 14 rings (SSSR count). The van der Waals surface area contributed by atoms with Crippen LogP contribution < -0.4 is 25.6 Å². The van der Waals surface area contributed by atoms with Gasteiger partial charge in [0.2, 0.25) is 0 Å². The zero-order valence-corrected chi connectivity index (χ0v) is 43.4. The highest BCUT2D eigenvalue weighted by Crippen LogP contribution is 2.46. The van der Waals surface area contributed by atoms with Gasteiger partial charge in [0.25, 0.3) is 0 Å². The number of hydrogen-bond acceptors (Lipinski definition) is 1. The molecule has 1 aromatic heterocycles. The van der Waals surface area contributed by atoms with E-state index in [1.54, 1.807) is 0 Å². The van der Waals surface area contributed by atoms with Crippen molar-refractivity contribution in [1.29, 1.82) is 0 Å². The van der Waals surface area contributed by atoms with E-state index in [0.717, 1.165) is 22.7 Å². The van der Waals surface area contributed by atoms with Crippen molar-refractivity contribution < 1.29 is 0 Å². The summed E-state index contributed by atoms with van der Waals surface area (Å²) in [7, 11) is -2.76. The molecule has 0 atom stereocenters. The first kappa shape index (κ1) is 45.8. The smallest absolute Gasteiger partial charge is 0.179 e. The lowest BCUT2D eigenvalue weighted by molar-refractivity contribution is 1.18. The van der Waals surface area contributed by atoms with Gasteiger partial charge in [0.1, 0.15) is 0 Å². The Kier molecular flexibility index (Phi) is 11.6. The van der Waals surface area contributed by atoms with Gasteiger partial charge in [-0.25, -0.2) is 0 Å². The Morgan fingerprint density at radius 1 is 0.247 bits per heavy atom. The molecule has 3 heteroatoms. The third kappa shape index (κ3) is 7.79. The topological polar surface area (TPSA) is 8.17 Å². The highest BCUT2D eigenvalue weighted by molar-refractivity contribution is 7.19. The maximum atomic E-state index is 2.42. The fourth-order valence-electron chi connectivity index (χ4n) is 12.4. The van der Waals surface area contributed by atoms with Crippen molar-refractivity contribution in [3.05, 3.63) is 315 Å². The van der Waals surface area contributed by atoms with E-state index in [1.165, 1.54) is 97.5 Å². The van der Waals surface area contributed by atoms with Gasteiger partial charge in [-0.2, -0.15) is 0 Å².